The number of nitrogens with one attached hydrogen (secondary N) is 1. The third kappa shape index (κ3) is 4.93. The Bertz CT molecular complexity index is 1240. The quantitative estimate of drug-likeness (QED) is 0.316. The Balaban J connectivity index is 1.60. The van der Waals surface area contributed by atoms with Gasteiger partial charge in [0.2, 0.25) is 0 Å². The van der Waals surface area contributed by atoms with Gasteiger partial charge in [0.05, 0.1) is 10.6 Å². The average molecular weight is 452 g/mol. The Kier molecular flexibility index (Phi) is 6.31. The third-order valence-corrected chi connectivity index (χ3v) is 5.54. The number of anilines is 1. The number of hydrogen-bond donors (Lipinski definition) is 2. The van der Waals surface area contributed by atoms with Gasteiger partial charge in [-0.05, 0) is 52.7 Å². The Morgan fingerprint density at radius 1 is 0.935 bits per heavy atom. The lowest BCUT2D eigenvalue weighted by Crippen LogP contribution is -2.05. The molecular weight excluding hydrogens is 433 g/mol. The first kappa shape index (κ1) is 21.0. The zero-order valence-corrected chi connectivity index (χ0v) is 18.0. The van der Waals surface area contributed by atoms with Crippen molar-refractivity contribution in [1.29, 1.82) is 0 Å². The Morgan fingerprint density at radius 2 is 1.71 bits per heavy atom. The number of rotatable bonds is 7. The second kappa shape index (κ2) is 9.29. The van der Waals surface area contributed by atoms with Crippen LogP contribution in [0.15, 0.2) is 78.9 Å². The van der Waals surface area contributed by atoms with Crippen LogP contribution >= 0.6 is 23.2 Å². The summed E-state index contributed by atoms with van der Waals surface area (Å²) in [6.45, 7) is 0.904. The summed E-state index contributed by atoms with van der Waals surface area (Å²) in [5, 5.41) is 15.6. The highest BCUT2D eigenvalue weighted by molar-refractivity contribution is 6.33. The molecule has 0 heterocycles. The summed E-state index contributed by atoms with van der Waals surface area (Å²) < 4.78 is 6.15. The molecule has 0 radical (unpaired) electrons. The fourth-order valence-corrected chi connectivity index (χ4v) is 3.75. The molecule has 2 N–H and O–H groups in total. The van der Waals surface area contributed by atoms with Gasteiger partial charge in [-0.25, -0.2) is 4.79 Å². The molecule has 4 rings (SSSR count). The minimum absolute atomic E-state index is 0.0735. The van der Waals surface area contributed by atoms with E-state index in [-0.39, 0.29) is 10.6 Å². The molecule has 0 amide bonds. The van der Waals surface area contributed by atoms with Crippen molar-refractivity contribution in [3.8, 4) is 5.75 Å². The third-order valence-electron chi connectivity index (χ3n) is 4.97. The lowest BCUT2D eigenvalue weighted by molar-refractivity contribution is 0.0697. The average Bonchev–Trinajstić information content (AvgIpc) is 2.77. The van der Waals surface area contributed by atoms with Crippen molar-refractivity contribution in [3.63, 3.8) is 0 Å². The van der Waals surface area contributed by atoms with E-state index < -0.39 is 5.97 Å². The highest BCUT2D eigenvalue weighted by Crippen LogP contribution is 2.30. The summed E-state index contributed by atoms with van der Waals surface area (Å²) in [4.78, 5) is 11.2. The molecule has 4 aromatic rings. The van der Waals surface area contributed by atoms with E-state index in [0.717, 1.165) is 33.3 Å². The predicted octanol–water partition coefficient (Wildman–Crippen LogP) is 7.04. The SMILES string of the molecule is O=C(O)c1ccc(NCc2c(OCc3ccc(Cl)cc3)ccc3ccccc23)cc1Cl. The molecule has 0 aliphatic carbocycles. The van der Waals surface area contributed by atoms with Crippen LogP contribution in [0.5, 0.6) is 5.75 Å². The van der Waals surface area contributed by atoms with Crippen molar-refractivity contribution in [2.45, 2.75) is 13.2 Å². The summed E-state index contributed by atoms with van der Waals surface area (Å²) in [6.07, 6.45) is 0. The van der Waals surface area contributed by atoms with Crippen LogP contribution in [0, 0.1) is 0 Å². The molecule has 0 fully saturated rings. The van der Waals surface area contributed by atoms with Crippen LogP contribution in [0.25, 0.3) is 10.8 Å². The van der Waals surface area contributed by atoms with E-state index >= 15 is 0 Å². The molecule has 0 bridgehead atoms. The first-order chi connectivity index (χ1) is 15.0. The molecule has 156 valence electrons. The van der Waals surface area contributed by atoms with Gasteiger partial charge in [0.15, 0.2) is 0 Å². The maximum atomic E-state index is 11.2. The Labute approximate surface area is 190 Å². The molecule has 0 aromatic heterocycles. The number of fused-ring (bicyclic) bond motifs is 1. The highest BCUT2D eigenvalue weighted by Gasteiger charge is 2.12. The molecule has 0 spiro atoms. The van der Waals surface area contributed by atoms with Crippen LogP contribution in [-0.2, 0) is 13.2 Å². The fourth-order valence-electron chi connectivity index (χ4n) is 3.36. The molecule has 6 heteroatoms. The van der Waals surface area contributed by atoms with Gasteiger partial charge in [0.25, 0.3) is 0 Å². The van der Waals surface area contributed by atoms with E-state index in [1.165, 1.54) is 6.07 Å². The van der Waals surface area contributed by atoms with Crippen LogP contribution in [0.4, 0.5) is 5.69 Å². The number of aromatic carboxylic acids is 1. The normalized spacial score (nSPS) is 10.8. The minimum Gasteiger partial charge on any atom is -0.489 e. The Morgan fingerprint density at radius 3 is 2.45 bits per heavy atom. The number of carbonyl (C=O) groups is 1. The summed E-state index contributed by atoms with van der Waals surface area (Å²) in [6, 6.07) is 24.5. The van der Waals surface area contributed by atoms with Crippen molar-refractivity contribution in [2.75, 3.05) is 5.32 Å². The zero-order valence-electron chi connectivity index (χ0n) is 16.4. The van der Waals surface area contributed by atoms with E-state index in [1.807, 2.05) is 48.5 Å². The van der Waals surface area contributed by atoms with Gasteiger partial charge >= 0.3 is 5.97 Å². The van der Waals surface area contributed by atoms with Gasteiger partial charge in [0, 0.05) is 22.8 Å². The fraction of sp³-hybridized carbons (Fsp3) is 0.0800. The molecule has 4 aromatic carbocycles. The number of carboxylic acids is 1. The van der Waals surface area contributed by atoms with Gasteiger partial charge in [-0.1, -0.05) is 65.7 Å². The van der Waals surface area contributed by atoms with Gasteiger partial charge < -0.3 is 15.2 Å². The number of hydrogen-bond acceptors (Lipinski definition) is 3. The van der Waals surface area contributed by atoms with Crippen LogP contribution in [0.1, 0.15) is 21.5 Å². The van der Waals surface area contributed by atoms with Gasteiger partial charge in [-0.15, -0.1) is 0 Å². The number of halogens is 2. The van der Waals surface area contributed by atoms with Crippen LogP contribution in [0.2, 0.25) is 10.0 Å². The topological polar surface area (TPSA) is 58.6 Å². The van der Waals surface area contributed by atoms with Crippen molar-refractivity contribution in [3.05, 3.63) is 106 Å². The van der Waals surface area contributed by atoms with Crippen molar-refractivity contribution < 1.29 is 14.6 Å². The predicted molar refractivity (Wildman–Crippen MR) is 125 cm³/mol. The maximum absolute atomic E-state index is 11.2. The largest absolute Gasteiger partial charge is 0.489 e. The van der Waals surface area contributed by atoms with E-state index in [9.17, 15) is 4.79 Å². The van der Waals surface area contributed by atoms with E-state index in [0.29, 0.717) is 18.2 Å². The van der Waals surface area contributed by atoms with Gasteiger partial charge in [-0.2, -0.15) is 0 Å². The van der Waals surface area contributed by atoms with E-state index in [4.69, 9.17) is 33.0 Å². The monoisotopic (exact) mass is 451 g/mol. The van der Waals surface area contributed by atoms with E-state index in [2.05, 4.69) is 17.4 Å². The molecule has 4 nitrogen and oxygen atoms in total. The van der Waals surface area contributed by atoms with E-state index in [1.54, 1.807) is 12.1 Å². The van der Waals surface area contributed by atoms with Crippen LogP contribution < -0.4 is 10.1 Å². The molecule has 0 unspecified atom stereocenters. The van der Waals surface area contributed by atoms with Crippen molar-refractivity contribution in [1.82, 2.24) is 0 Å². The summed E-state index contributed by atoms with van der Waals surface area (Å²) in [5.74, 6) is -0.280. The number of carboxylic acid groups (broad SMARTS) is 1. The van der Waals surface area contributed by atoms with Crippen molar-refractivity contribution in [2.24, 2.45) is 0 Å². The first-order valence-corrected chi connectivity index (χ1v) is 10.4. The number of benzene rings is 4. The summed E-state index contributed by atoms with van der Waals surface area (Å²) in [7, 11) is 0. The first-order valence-electron chi connectivity index (χ1n) is 9.66. The van der Waals surface area contributed by atoms with Crippen LogP contribution in [0.3, 0.4) is 0 Å². The molecule has 0 aliphatic heterocycles. The van der Waals surface area contributed by atoms with Crippen LogP contribution in [-0.4, -0.2) is 11.1 Å². The summed E-state index contributed by atoms with van der Waals surface area (Å²) in [5.41, 5.74) is 2.83. The summed E-state index contributed by atoms with van der Waals surface area (Å²) >= 11 is 12.1. The lowest BCUT2D eigenvalue weighted by Gasteiger charge is -2.16. The van der Waals surface area contributed by atoms with Crippen molar-refractivity contribution >= 4 is 45.6 Å². The second-order valence-corrected chi connectivity index (χ2v) is 7.88. The standard InChI is InChI=1S/C25H19Cl2NO3/c26-18-8-5-16(6-9-18)15-31-24-12-7-17-3-1-2-4-20(17)22(24)14-28-19-10-11-21(25(29)30)23(27)13-19/h1-13,28H,14-15H2,(H,29,30). The maximum Gasteiger partial charge on any atom is 0.337 e. The van der Waals surface area contributed by atoms with Gasteiger partial charge in [0.1, 0.15) is 12.4 Å². The second-order valence-electron chi connectivity index (χ2n) is 7.03. The minimum atomic E-state index is -1.05. The molecule has 0 aliphatic rings. The van der Waals surface area contributed by atoms with Gasteiger partial charge in [-0.3, -0.25) is 0 Å². The Hall–Kier alpha value is -3.21. The highest BCUT2D eigenvalue weighted by atomic mass is 35.5. The molecular formula is C25H19Cl2NO3. The smallest absolute Gasteiger partial charge is 0.337 e. The molecule has 0 saturated carbocycles. The zero-order chi connectivity index (χ0) is 21.8. The lowest BCUT2D eigenvalue weighted by atomic mass is 10.0. The molecule has 0 atom stereocenters. The molecule has 31 heavy (non-hydrogen) atoms. The number of ether oxygens (including phenoxy) is 1. The molecule has 0 saturated heterocycles.